The van der Waals surface area contributed by atoms with Gasteiger partial charge in [0.15, 0.2) is 0 Å². The van der Waals surface area contributed by atoms with Gasteiger partial charge in [0, 0.05) is 0 Å². The second-order valence-electron chi connectivity index (χ2n) is 3.05. The molecule has 0 bridgehead atoms. The molecule has 0 aliphatic heterocycles. The van der Waals surface area contributed by atoms with Crippen LogP contribution in [0.5, 0.6) is 0 Å². The van der Waals surface area contributed by atoms with Crippen molar-refractivity contribution in [3.05, 3.63) is 0 Å². The van der Waals surface area contributed by atoms with Crippen LogP contribution >= 0.6 is 0 Å². The molecule has 7 nitrogen and oxygen atoms in total. The minimum atomic E-state index is -1.62. The number of rotatable bonds is 8. The molecule has 0 saturated carbocycles. The van der Waals surface area contributed by atoms with Crippen molar-refractivity contribution in [2.75, 3.05) is 26.4 Å². The molecule has 0 amide bonds. The number of aliphatic hydroxyl groups excluding tert-OH is 6. The van der Waals surface area contributed by atoms with Gasteiger partial charge in [0.05, 0.1) is 26.4 Å². The van der Waals surface area contributed by atoms with E-state index in [9.17, 15) is 10.2 Å². The van der Waals surface area contributed by atoms with Crippen molar-refractivity contribution in [1.82, 2.24) is 0 Å². The summed E-state index contributed by atoms with van der Waals surface area (Å²) in [6, 6.07) is 0. The molecule has 0 fully saturated rings. The molecular formula is C8H18O7. The first-order valence-corrected chi connectivity index (χ1v) is 4.56. The topological polar surface area (TPSA) is 131 Å². The fourth-order valence-electron chi connectivity index (χ4n) is 1.02. The lowest BCUT2D eigenvalue weighted by molar-refractivity contribution is -0.143. The van der Waals surface area contributed by atoms with Crippen LogP contribution in [0.1, 0.15) is 0 Å². The molecule has 0 saturated heterocycles. The minimum Gasteiger partial charge on any atom is -0.394 e. The minimum absolute atomic E-state index is 0.107. The fourth-order valence-corrected chi connectivity index (χ4v) is 1.02. The summed E-state index contributed by atoms with van der Waals surface area (Å²) in [5, 5.41) is 53.5. The van der Waals surface area contributed by atoms with Gasteiger partial charge in [-0.05, 0) is 0 Å². The molecule has 0 aliphatic rings. The Kier molecular flexibility index (Phi) is 7.79. The van der Waals surface area contributed by atoms with E-state index in [1.54, 1.807) is 0 Å². The number of ether oxygens (including phenoxy) is 1. The lowest BCUT2D eigenvalue weighted by atomic mass is 10.0. The first kappa shape index (κ1) is 14.7. The molecule has 0 aromatic heterocycles. The first-order chi connectivity index (χ1) is 7.08. The van der Waals surface area contributed by atoms with Gasteiger partial charge in [0.2, 0.25) is 0 Å². The van der Waals surface area contributed by atoms with Crippen LogP contribution in [0.4, 0.5) is 0 Å². The molecule has 7 heteroatoms. The van der Waals surface area contributed by atoms with Gasteiger partial charge in [-0.2, -0.15) is 0 Å². The molecule has 15 heavy (non-hydrogen) atoms. The maximum Gasteiger partial charge on any atom is 0.111 e. The zero-order valence-corrected chi connectivity index (χ0v) is 8.23. The molecule has 0 heterocycles. The lowest BCUT2D eigenvalue weighted by Crippen LogP contribution is -2.48. The van der Waals surface area contributed by atoms with Crippen molar-refractivity contribution in [3.63, 3.8) is 0 Å². The molecule has 0 aliphatic carbocycles. The maximum absolute atomic E-state index is 9.42. The summed E-state index contributed by atoms with van der Waals surface area (Å²) in [5.74, 6) is 0. The van der Waals surface area contributed by atoms with E-state index < -0.39 is 37.6 Å². The van der Waals surface area contributed by atoms with Gasteiger partial charge in [-0.25, -0.2) is 0 Å². The number of aliphatic hydroxyl groups is 6. The van der Waals surface area contributed by atoms with E-state index in [1.165, 1.54) is 0 Å². The predicted molar refractivity (Wildman–Crippen MR) is 49.0 cm³/mol. The Hall–Kier alpha value is -0.280. The zero-order chi connectivity index (χ0) is 11.8. The van der Waals surface area contributed by atoms with Gasteiger partial charge in [-0.3, -0.25) is 0 Å². The van der Waals surface area contributed by atoms with Crippen LogP contribution in [0.2, 0.25) is 0 Å². The smallest absolute Gasteiger partial charge is 0.111 e. The normalized spacial score (nSPS) is 19.6. The molecule has 4 atom stereocenters. The molecule has 0 spiro atoms. The van der Waals surface area contributed by atoms with Crippen molar-refractivity contribution in [2.45, 2.75) is 24.4 Å². The first-order valence-electron chi connectivity index (χ1n) is 4.56. The quantitative estimate of drug-likeness (QED) is 0.252. The highest BCUT2D eigenvalue weighted by atomic mass is 16.5. The molecular weight excluding hydrogens is 208 g/mol. The van der Waals surface area contributed by atoms with Gasteiger partial charge in [-0.1, -0.05) is 0 Å². The van der Waals surface area contributed by atoms with E-state index in [4.69, 9.17) is 25.2 Å². The third-order valence-electron chi connectivity index (χ3n) is 1.92. The summed E-state index contributed by atoms with van der Waals surface area (Å²) >= 11 is 0. The van der Waals surface area contributed by atoms with Crippen LogP contribution in [0.15, 0.2) is 0 Å². The summed E-state index contributed by atoms with van der Waals surface area (Å²) in [5.41, 5.74) is 0. The number of hydrogen-bond acceptors (Lipinski definition) is 7. The van der Waals surface area contributed by atoms with Crippen LogP contribution in [-0.2, 0) is 4.74 Å². The van der Waals surface area contributed by atoms with E-state index >= 15 is 0 Å². The largest absolute Gasteiger partial charge is 0.394 e. The highest BCUT2D eigenvalue weighted by Crippen LogP contribution is 2.07. The fraction of sp³-hybridized carbons (Fsp3) is 1.00. The summed E-state index contributed by atoms with van der Waals surface area (Å²) in [7, 11) is 0. The van der Waals surface area contributed by atoms with Crippen LogP contribution in [0.3, 0.4) is 0 Å². The SMILES string of the molecule is OCCO[C@H](CO)[C@@H](O)[C@H](O)[C@@H](O)CO. The lowest BCUT2D eigenvalue weighted by Gasteiger charge is -2.27. The Balaban J connectivity index is 4.16. The van der Waals surface area contributed by atoms with Crippen molar-refractivity contribution >= 4 is 0 Å². The molecule has 0 unspecified atom stereocenters. The van der Waals surface area contributed by atoms with Crippen LogP contribution in [0.25, 0.3) is 0 Å². The molecule has 6 N–H and O–H groups in total. The Morgan fingerprint density at radius 2 is 1.47 bits per heavy atom. The number of hydrogen-bond donors (Lipinski definition) is 6. The van der Waals surface area contributed by atoms with Gasteiger partial charge in [0.1, 0.15) is 24.4 Å². The standard InChI is InChI=1S/C8H18O7/c9-1-2-15-6(4-11)8(14)7(13)5(12)3-10/h5-14H,1-4H2/t5-,6+,7+,8+/m0/s1. The Morgan fingerprint density at radius 3 is 1.87 bits per heavy atom. The van der Waals surface area contributed by atoms with Crippen LogP contribution < -0.4 is 0 Å². The van der Waals surface area contributed by atoms with Crippen LogP contribution in [0, 0.1) is 0 Å². The van der Waals surface area contributed by atoms with E-state index in [0.29, 0.717) is 0 Å². The average molecular weight is 226 g/mol. The van der Waals surface area contributed by atoms with E-state index in [1.807, 2.05) is 0 Å². The van der Waals surface area contributed by atoms with Crippen molar-refractivity contribution < 1.29 is 35.4 Å². The van der Waals surface area contributed by atoms with Gasteiger partial charge >= 0.3 is 0 Å². The van der Waals surface area contributed by atoms with Crippen molar-refractivity contribution in [3.8, 4) is 0 Å². The van der Waals surface area contributed by atoms with Crippen molar-refractivity contribution in [2.24, 2.45) is 0 Å². The summed E-state index contributed by atoms with van der Waals surface area (Å²) in [6.07, 6.45) is -5.78. The highest BCUT2D eigenvalue weighted by Gasteiger charge is 2.31. The second kappa shape index (κ2) is 7.94. The molecule has 0 aromatic rings. The third-order valence-corrected chi connectivity index (χ3v) is 1.92. The monoisotopic (exact) mass is 226 g/mol. The molecule has 0 rings (SSSR count). The summed E-state index contributed by atoms with van der Waals surface area (Å²) in [6.45, 7) is -1.68. The predicted octanol–water partition coefficient (Wildman–Crippen LogP) is -3.57. The second-order valence-corrected chi connectivity index (χ2v) is 3.05. The molecule has 0 radical (unpaired) electrons. The maximum atomic E-state index is 9.42. The van der Waals surface area contributed by atoms with Crippen LogP contribution in [-0.4, -0.2) is 81.5 Å². The Morgan fingerprint density at radius 1 is 0.867 bits per heavy atom. The Bertz CT molecular complexity index is 154. The van der Waals surface area contributed by atoms with E-state index in [2.05, 4.69) is 0 Å². The van der Waals surface area contributed by atoms with Crippen molar-refractivity contribution in [1.29, 1.82) is 0 Å². The van der Waals surface area contributed by atoms with E-state index in [-0.39, 0.29) is 13.2 Å². The average Bonchev–Trinajstić information content (AvgIpc) is 2.27. The van der Waals surface area contributed by atoms with E-state index in [0.717, 1.165) is 0 Å². The molecule has 92 valence electrons. The third kappa shape index (κ3) is 4.85. The van der Waals surface area contributed by atoms with Gasteiger partial charge < -0.3 is 35.4 Å². The zero-order valence-electron chi connectivity index (χ0n) is 8.23. The van der Waals surface area contributed by atoms with Gasteiger partial charge in [0.25, 0.3) is 0 Å². The molecule has 0 aromatic carbocycles. The van der Waals surface area contributed by atoms with Gasteiger partial charge in [-0.15, -0.1) is 0 Å². The summed E-state index contributed by atoms with van der Waals surface area (Å²) < 4.78 is 4.82. The summed E-state index contributed by atoms with van der Waals surface area (Å²) in [4.78, 5) is 0. The highest BCUT2D eigenvalue weighted by molar-refractivity contribution is 4.81. The Labute approximate surface area is 87.2 Å².